The van der Waals surface area contributed by atoms with Crippen molar-refractivity contribution < 1.29 is 23.0 Å². The van der Waals surface area contributed by atoms with Gasteiger partial charge in [-0.05, 0) is 54.4 Å². The average Bonchev–Trinajstić information content (AvgIpc) is 2.52. The maximum atomic E-state index is 12.1. The van der Waals surface area contributed by atoms with E-state index in [2.05, 4.69) is 10.1 Å². The number of ether oxygens (including phenoxy) is 1. The molecule has 2 N–H and O–H groups in total. The molecule has 0 aromatic heterocycles. The van der Waals surface area contributed by atoms with Gasteiger partial charge in [0.2, 0.25) is 0 Å². The number of rotatable bonds is 7. The molecule has 1 unspecified atom stereocenters. The van der Waals surface area contributed by atoms with Crippen LogP contribution in [0.5, 0.6) is 5.75 Å². The van der Waals surface area contributed by atoms with E-state index in [9.17, 15) is 18.3 Å². The molecule has 0 radical (unpaired) electrons. The van der Waals surface area contributed by atoms with Crippen molar-refractivity contribution in [1.29, 1.82) is 0 Å². The Kier molecular flexibility index (Phi) is 7.05. The van der Waals surface area contributed by atoms with Crippen LogP contribution in [0.2, 0.25) is 0 Å². The van der Waals surface area contributed by atoms with E-state index in [1.165, 1.54) is 23.6 Å². The quantitative estimate of drug-likeness (QED) is 0.793. The van der Waals surface area contributed by atoms with E-state index in [4.69, 9.17) is 0 Å². The molecule has 1 aromatic carbocycles. The van der Waals surface area contributed by atoms with Gasteiger partial charge in [0.1, 0.15) is 5.75 Å². The zero-order valence-electron chi connectivity index (χ0n) is 12.8. The Hall–Kier alpha value is -0.920. The summed E-state index contributed by atoms with van der Waals surface area (Å²) < 4.78 is 40.2. The van der Waals surface area contributed by atoms with Gasteiger partial charge in [0.25, 0.3) is 0 Å². The Morgan fingerprint density at radius 2 is 1.87 bits per heavy atom. The lowest BCUT2D eigenvalue weighted by atomic mass is 9.99. The van der Waals surface area contributed by atoms with E-state index < -0.39 is 6.36 Å². The molecular formula is C16H22F3NO2S. The smallest absolute Gasteiger partial charge is 0.406 e. The summed E-state index contributed by atoms with van der Waals surface area (Å²) >= 11 is 1.97. The van der Waals surface area contributed by atoms with Crippen LogP contribution in [0.4, 0.5) is 13.2 Å². The normalized spacial score (nSPS) is 17.9. The Balaban J connectivity index is 1.81. The fourth-order valence-corrected chi connectivity index (χ4v) is 3.70. The van der Waals surface area contributed by atoms with Crippen molar-refractivity contribution in [3.63, 3.8) is 0 Å². The van der Waals surface area contributed by atoms with Crippen molar-refractivity contribution in [3.8, 4) is 5.75 Å². The summed E-state index contributed by atoms with van der Waals surface area (Å²) in [6, 6.07) is 6.35. The van der Waals surface area contributed by atoms with E-state index in [1.54, 1.807) is 12.1 Å². The van der Waals surface area contributed by atoms with Crippen molar-refractivity contribution in [2.75, 3.05) is 24.7 Å². The predicted molar refractivity (Wildman–Crippen MR) is 85.8 cm³/mol. The SMILES string of the molecule is OCC(CNC1CCSCC1)Cc1ccc(OC(F)(F)F)cc1. The fraction of sp³-hybridized carbons (Fsp3) is 0.625. The Morgan fingerprint density at radius 1 is 1.22 bits per heavy atom. The van der Waals surface area contributed by atoms with E-state index >= 15 is 0 Å². The molecule has 0 saturated carbocycles. The largest absolute Gasteiger partial charge is 0.573 e. The molecule has 1 aliphatic heterocycles. The number of hydrogen-bond acceptors (Lipinski definition) is 4. The van der Waals surface area contributed by atoms with E-state index in [1.807, 2.05) is 11.8 Å². The first-order valence-corrected chi connectivity index (χ1v) is 8.88. The third-order valence-electron chi connectivity index (χ3n) is 3.86. The number of hydrogen-bond donors (Lipinski definition) is 2. The number of nitrogens with one attached hydrogen (secondary N) is 1. The Labute approximate surface area is 138 Å². The fourth-order valence-electron chi connectivity index (χ4n) is 2.60. The molecule has 1 aromatic rings. The van der Waals surface area contributed by atoms with Crippen LogP contribution in [-0.4, -0.2) is 42.2 Å². The minimum absolute atomic E-state index is 0.0509. The van der Waals surface area contributed by atoms with Crippen molar-refractivity contribution in [1.82, 2.24) is 5.32 Å². The van der Waals surface area contributed by atoms with Gasteiger partial charge < -0.3 is 15.2 Å². The van der Waals surface area contributed by atoms with Crippen LogP contribution in [0.15, 0.2) is 24.3 Å². The van der Waals surface area contributed by atoms with Crippen molar-refractivity contribution >= 4 is 11.8 Å². The molecule has 2 rings (SSSR count). The predicted octanol–water partition coefficient (Wildman–Crippen LogP) is 3.22. The molecule has 1 fully saturated rings. The lowest BCUT2D eigenvalue weighted by molar-refractivity contribution is -0.274. The number of aliphatic hydroxyl groups excluding tert-OH is 1. The summed E-state index contributed by atoms with van der Waals surface area (Å²) in [5, 5.41) is 13.0. The van der Waals surface area contributed by atoms with Crippen LogP contribution in [-0.2, 0) is 6.42 Å². The molecule has 1 aliphatic rings. The highest BCUT2D eigenvalue weighted by atomic mass is 32.2. The second kappa shape index (κ2) is 8.80. The lowest BCUT2D eigenvalue weighted by Crippen LogP contribution is -2.37. The highest BCUT2D eigenvalue weighted by molar-refractivity contribution is 7.99. The van der Waals surface area contributed by atoms with Crippen molar-refractivity contribution in [2.24, 2.45) is 5.92 Å². The zero-order chi connectivity index (χ0) is 16.7. The van der Waals surface area contributed by atoms with Gasteiger partial charge in [0.15, 0.2) is 0 Å². The second-order valence-corrected chi connectivity index (χ2v) is 6.96. The minimum atomic E-state index is -4.67. The van der Waals surface area contributed by atoms with Gasteiger partial charge >= 0.3 is 6.36 Å². The average molecular weight is 349 g/mol. The van der Waals surface area contributed by atoms with Gasteiger partial charge in [-0.3, -0.25) is 0 Å². The third kappa shape index (κ3) is 7.01. The third-order valence-corrected chi connectivity index (χ3v) is 4.90. The Morgan fingerprint density at radius 3 is 2.43 bits per heavy atom. The molecule has 7 heteroatoms. The molecule has 0 aliphatic carbocycles. The molecule has 0 spiro atoms. The highest BCUT2D eigenvalue weighted by Gasteiger charge is 2.31. The van der Waals surface area contributed by atoms with Crippen LogP contribution >= 0.6 is 11.8 Å². The van der Waals surface area contributed by atoms with Gasteiger partial charge in [-0.1, -0.05) is 12.1 Å². The number of benzene rings is 1. The van der Waals surface area contributed by atoms with Crippen LogP contribution in [0, 0.1) is 5.92 Å². The van der Waals surface area contributed by atoms with Gasteiger partial charge in [-0.25, -0.2) is 0 Å². The summed E-state index contributed by atoms with van der Waals surface area (Å²) in [5.74, 6) is 2.17. The van der Waals surface area contributed by atoms with E-state index in [0.29, 0.717) is 19.0 Å². The molecule has 1 heterocycles. The summed E-state index contributed by atoms with van der Waals surface area (Å²) in [4.78, 5) is 0. The minimum Gasteiger partial charge on any atom is -0.406 e. The van der Waals surface area contributed by atoms with Gasteiger partial charge in [-0.15, -0.1) is 13.2 Å². The van der Waals surface area contributed by atoms with E-state index in [0.717, 1.165) is 18.4 Å². The molecule has 3 nitrogen and oxygen atoms in total. The molecule has 1 atom stereocenters. The standard InChI is InChI=1S/C16H22F3NO2S/c17-16(18,19)22-15-3-1-12(2-4-15)9-13(11-21)10-20-14-5-7-23-8-6-14/h1-4,13-14,20-21H,5-11H2. The summed E-state index contributed by atoms with van der Waals surface area (Å²) in [6.07, 6.45) is -1.76. The van der Waals surface area contributed by atoms with E-state index in [-0.39, 0.29) is 18.3 Å². The van der Waals surface area contributed by atoms with Gasteiger partial charge in [-0.2, -0.15) is 11.8 Å². The molecular weight excluding hydrogens is 327 g/mol. The maximum absolute atomic E-state index is 12.1. The first-order chi connectivity index (χ1) is 11.0. The monoisotopic (exact) mass is 349 g/mol. The number of aliphatic hydroxyl groups is 1. The van der Waals surface area contributed by atoms with Gasteiger partial charge in [0, 0.05) is 19.2 Å². The van der Waals surface area contributed by atoms with Crippen LogP contribution in [0.3, 0.4) is 0 Å². The number of thioether (sulfide) groups is 1. The Bertz CT molecular complexity index is 461. The van der Waals surface area contributed by atoms with Crippen molar-refractivity contribution in [2.45, 2.75) is 31.7 Å². The maximum Gasteiger partial charge on any atom is 0.573 e. The molecule has 1 saturated heterocycles. The van der Waals surface area contributed by atoms with Crippen LogP contribution < -0.4 is 10.1 Å². The lowest BCUT2D eigenvalue weighted by Gasteiger charge is -2.25. The summed E-state index contributed by atoms with van der Waals surface area (Å²) in [5.41, 5.74) is 0.888. The highest BCUT2D eigenvalue weighted by Crippen LogP contribution is 2.23. The number of halogens is 3. The number of alkyl halides is 3. The van der Waals surface area contributed by atoms with Crippen LogP contribution in [0.25, 0.3) is 0 Å². The first kappa shape index (κ1) is 18.4. The summed E-state index contributed by atoms with van der Waals surface area (Å²) in [7, 11) is 0. The van der Waals surface area contributed by atoms with Crippen molar-refractivity contribution in [3.05, 3.63) is 29.8 Å². The molecule has 0 bridgehead atoms. The second-order valence-electron chi connectivity index (χ2n) is 5.74. The molecule has 0 amide bonds. The van der Waals surface area contributed by atoms with Crippen LogP contribution in [0.1, 0.15) is 18.4 Å². The first-order valence-electron chi connectivity index (χ1n) is 7.73. The molecule has 23 heavy (non-hydrogen) atoms. The zero-order valence-corrected chi connectivity index (χ0v) is 13.6. The van der Waals surface area contributed by atoms with Gasteiger partial charge in [0.05, 0.1) is 0 Å². The molecule has 130 valence electrons. The summed E-state index contributed by atoms with van der Waals surface area (Å²) in [6.45, 7) is 0.766. The topological polar surface area (TPSA) is 41.5 Å².